The average Bonchev–Trinajstić information content (AvgIpc) is 2.36. The summed E-state index contributed by atoms with van der Waals surface area (Å²) in [5.74, 6) is 0.000870. The van der Waals surface area contributed by atoms with Crippen molar-refractivity contribution >= 4 is 15.8 Å². The zero-order valence-electron chi connectivity index (χ0n) is 12.6. The summed E-state index contributed by atoms with van der Waals surface area (Å²) in [4.78, 5) is 11.7. The molecule has 0 saturated heterocycles. The molecule has 0 aromatic heterocycles. The molecular weight excluding hydrogens is 294 g/mol. The molecule has 2 atom stereocenters. The molecule has 0 aliphatic heterocycles. The number of methoxy groups -OCH3 is 1. The second-order valence-corrected chi connectivity index (χ2v) is 7.30. The van der Waals surface area contributed by atoms with Gasteiger partial charge in [-0.15, -0.1) is 0 Å². The van der Waals surface area contributed by atoms with Gasteiger partial charge in [-0.1, -0.05) is 0 Å². The van der Waals surface area contributed by atoms with E-state index in [1.54, 1.807) is 26.0 Å². The SMILES string of the molecule is COC(=O)C(C)(N)CC(C)Oc1ccc(S(C)(=O)=O)cc1. The summed E-state index contributed by atoms with van der Waals surface area (Å²) >= 11 is 0. The summed E-state index contributed by atoms with van der Waals surface area (Å²) < 4.78 is 33.0. The largest absolute Gasteiger partial charge is 0.491 e. The second kappa shape index (κ2) is 6.44. The topological polar surface area (TPSA) is 95.7 Å². The van der Waals surface area contributed by atoms with Crippen LogP contribution in [-0.4, -0.2) is 39.4 Å². The maximum Gasteiger partial charge on any atom is 0.325 e. The van der Waals surface area contributed by atoms with Gasteiger partial charge in [0, 0.05) is 12.7 Å². The molecule has 0 saturated carbocycles. The van der Waals surface area contributed by atoms with E-state index in [0.717, 1.165) is 6.26 Å². The van der Waals surface area contributed by atoms with Gasteiger partial charge in [-0.05, 0) is 38.1 Å². The molecule has 2 N–H and O–H groups in total. The minimum absolute atomic E-state index is 0.223. The summed E-state index contributed by atoms with van der Waals surface area (Å²) in [6.07, 6.45) is 1.08. The summed E-state index contributed by atoms with van der Waals surface area (Å²) in [5.41, 5.74) is 4.73. The number of nitrogens with two attached hydrogens (primary N) is 1. The quantitative estimate of drug-likeness (QED) is 0.791. The summed E-state index contributed by atoms with van der Waals surface area (Å²) in [5, 5.41) is 0. The zero-order chi connectivity index (χ0) is 16.3. The molecule has 1 aromatic rings. The first-order valence-corrected chi connectivity index (χ1v) is 8.29. The fourth-order valence-corrected chi connectivity index (χ4v) is 2.58. The third kappa shape index (κ3) is 5.02. The first-order valence-electron chi connectivity index (χ1n) is 6.40. The van der Waals surface area contributed by atoms with Gasteiger partial charge in [0.15, 0.2) is 9.84 Å². The molecule has 0 bridgehead atoms. The summed E-state index contributed by atoms with van der Waals surface area (Å²) in [7, 11) is -1.95. The molecule has 21 heavy (non-hydrogen) atoms. The monoisotopic (exact) mass is 315 g/mol. The predicted molar refractivity (Wildman–Crippen MR) is 78.9 cm³/mol. The van der Waals surface area contributed by atoms with Gasteiger partial charge in [0.05, 0.1) is 18.1 Å². The van der Waals surface area contributed by atoms with Crippen LogP contribution in [0.15, 0.2) is 29.2 Å². The lowest BCUT2D eigenvalue weighted by atomic mass is 9.96. The van der Waals surface area contributed by atoms with Crippen molar-refractivity contribution in [2.75, 3.05) is 13.4 Å². The lowest BCUT2D eigenvalue weighted by Gasteiger charge is -2.25. The van der Waals surface area contributed by atoms with E-state index in [-0.39, 0.29) is 17.4 Å². The molecular formula is C14H21NO5S. The molecule has 0 fully saturated rings. The van der Waals surface area contributed by atoms with Gasteiger partial charge in [0.25, 0.3) is 0 Å². The Bertz CT molecular complexity index is 592. The Kier molecular flexibility index (Phi) is 5.36. The van der Waals surface area contributed by atoms with Gasteiger partial charge in [-0.2, -0.15) is 0 Å². The highest BCUT2D eigenvalue weighted by molar-refractivity contribution is 7.90. The number of esters is 1. The maximum atomic E-state index is 11.5. The van der Waals surface area contributed by atoms with Gasteiger partial charge >= 0.3 is 5.97 Å². The van der Waals surface area contributed by atoms with Crippen LogP contribution in [0.4, 0.5) is 0 Å². The average molecular weight is 315 g/mol. The Hall–Kier alpha value is -1.60. The number of rotatable bonds is 6. The van der Waals surface area contributed by atoms with Crippen LogP contribution in [0.1, 0.15) is 20.3 Å². The molecule has 2 unspecified atom stereocenters. The Morgan fingerprint density at radius 1 is 1.33 bits per heavy atom. The van der Waals surface area contributed by atoms with Gasteiger partial charge < -0.3 is 15.2 Å². The third-order valence-corrected chi connectivity index (χ3v) is 4.08. The van der Waals surface area contributed by atoms with E-state index in [0.29, 0.717) is 5.75 Å². The van der Waals surface area contributed by atoms with E-state index < -0.39 is 21.3 Å². The maximum absolute atomic E-state index is 11.5. The van der Waals surface area contributed by atoms with E-state index in [9.17, 15) is 13.2 Å². The second-order valence-electron chi connectivity index (χ2n) is 5.29. The van der Waals surface area contributed by atoms with Crippen molar-refractivity contribution in [3.05, 3.63) is 24.3 Å². The molecule has 0 aliphatic rings. The molecule has 0 radical (unpaired) electrons. The molecule has 0 amide bonds. The highest BCUT2D eigenvalue weighted by Gasteiger charge is 2.32. The number of hydrogen-bond donors (Lipinski definition) is 1. The molecule has 1 aromatic carbocycles. The molecule has 118 valence electrons. The smallest absolute Gasteiger partial charge is 0.325 e. The van der Waals surface area contributed by atoms with Crippen molar-refractivity contribution in [1.82, 2.24) is 0 Å². The molecule has 0 spiro atoms. The zero-order valence-corrected chi connectivity index (χ0v) is 13.4. The van der Waals surface area contributed by atoms with E-state index in [1.807, 2.05) is 0 Å². The minimum atomic E-state index is -3.23. The number of hydrogen-bond acceptors (Lipinski definition) is 6. The van der Waals surface area contributed by atoms with Crippen LogP contribution in [0.3, 0.4) is 0 Å². The highest BCUT2D eigenvalue weighted by atomic mass is 32.2. The van der Waals surface area contributed by atoms with E-state index in [4.69, 9.17) is 10.5 Å². The molecule has 0 heterocycles. The number of sulfone groups is 1. The van der Waals surface area contributed by atoms with Crippen LogP contribution in [0.5, 0.6) is 5.75 Å². The lowest BCUT2D eigenvalue weighted by Crippen LogP contribution is -2.48. The fourth-order valence-electron chi connectivity index (χ4n) is 1.95. The van der Waals surface area contributed by atoms with Gasteiger partial charge in [0.2, 0.25) is 0 Å². The Balaban J connectivity index is 2.71. The van der Waals surface area contributed by atoms with Crippen molar-refractivity contribution in [3.8, 4) is 5.75 Å². The van der Waals surface area contributed by atoms with Crippen LogP contribution in [0.2, 0.25) is 0 Å². The van der Waals surface area contributed by atoms with Gasteiger partial charge in [0.1, 0.15) is 11.3 Å². The van der Waals surface area contributed by atoms with Gasteiger partial charge in [-0.3, -0.25) is 4.79 Å². The number of carbonyl (C=O) groups excluding carboxylic acids is 1. The predicted octanol–water partition coefficient (Wildman–Crippen LogP) is 1.14. The first-order chi connectivity index (χ1) is 9.56. The molecule has 0 aliphatic carbocycles. The standard InChI is InChI=1S/C14H21NO5S/c1-10(9-14(2,15)13(16)19-3)20-11-5-7-12(8-6-11)21(4,17)18/h5-8,10H,9,15H2,1-4H3. The number of ether oxygens (including phenoxy) is 2. The Morgan fingerprint density at radius 3 is 2.29 bits per heavy atom. The minimum Gasteiger partial charge on any atom is -0.491 e. The number of carbonyl (C=O) groups is 1. The van der Waals surface area contributed by atoms with Crippen LogP contribution < -0.4 is 10.5 Å². The molecule has 1 rings (SSSR count). The van der Waals surface area contributed by atoms with Gasteiger partial charge in [-0.25, -0.2) is 8.42 Å². The van der Waals surface area contributed by atoms with Crippen molar-refractivity contribution in [1.29, 1.82) is 0 Å². The normalized spacial score (nSPS) is 15.9. The van der Waals surface area contributed by atoms with Crippen molar-refractivity contribution < 1.29 is 22.7 Å². The number of benzene rings is 1. The lowest BCUT2D eigenvalue weighted by molar-refractivity contribution is -0.147. The van der Waals surface area contributed by atoms with Crippen LogP contribution in [-0.2, 0) is 19.4 Å². The molecule has 6 nitrogen and oxygen atoms in total. The fraction of sp³-hybridized carbons (Fsp3) is 0.500. The third-order valence-electron chi connectivity index (χ3n) is 2.95. The van der Waals surface area contributed by atoms with Crippen LogP contribution in [0, 0.1) is 0 Å². The van der Waals surface area contributed by atoms with Crippen molar-refractivity contribution in [2.24, 2.45) is 5.73 Å². The summed E-state index contributed by atoms with van der Waals surface area (Å²) in [6.45, 7) is 3.35. The van der Waals surface area contributed by atoms with Crippen molar-refractivity contribution in [3.63, 3.8) is 0 Å². The Morgan fingerprint density at radius 2 is 1.86 bits per heavy atom. The highest BCUT2D eigenvalue weighted by Crippen LogP contribution is 2.20. The Labute approximate surface area is 125 Å². The van der Waals surface area contributed by atoms with E-state index >= 15 is 0 Å². The van der Waals surface area contributed by atoms with E-state index in [2.05, 4.69) is 4.74 Å². The molecule has 7 heteroatoms. The first kappa shape index (κ1) is 17.5. The van der Waals surface area contributed by atoms with Crippen LogP contribution >= 0.6 is 0 Å². The summed E-state index contributed by atoms with van der Waals surface area (Å²) in [6, 6.07) is 6.08. The van der Waals surface area contributed by atoms with E-state index in [1.165, 1.54) is 19.2 Å². The van der Waals surface area contributed by atoms with Crippen molar-refractivity contribution in [2.45, 2.75) is 36.8 Å². The van der Waals surface area contributed by atoms with Crippen LogP contribution in [0.25, 0.3) is 0 Å².